The van der Waals surface area contributed by atoms with Gasteiger partial charge >= 0.3 is 0 Å². The number of nitrogens with one attached hydrogen (secondary N) is 1. The Morgan fingerprint density at radius 1 is 1.22 bits per heavy atom. The lowest BCUT2D eigenvalue weighted by atomic mass is 10.1. The maximum atomic E-state index is 5.66. The van der Waals surface area contributed by atoms with E-state index in [-0.39, 0.29) is 0 Å². The molecule has 0 saturated carbocycles. The lowest BCUT2D eigenvalue weighted by Gasteiger charge is -2.20. The predicted octanol–water partition coefficient (Wildman–Crippen LogP) is 3.58. The number of ether oxygens (including phenoxy) is 3. The van der Waals surface area contributed by atoms with Crippen LogP contribution in [0, 0.1) is 11.7 Å². The van der Waals surface area contributed by atoms with Gasteiger partial charge in [0.2, 0.25) is 10.5 Å². The van der Waals surface area contributed by atoms with Crippen molar-refractivity contribution in [2.45, 2.75) is 6.92 Å². The van der Waals surface area contributed by atoms with Gasteiger partial charge in [0.05, 0.1) is 13.3 Å². The van der Waals surface area contributed by atoms with Gasteiger partial charge in [-0.25, -0.2) is 5.10 Å². The lowest BCUT2D eigenvalue weighted by Crippen LogP contribution is -2.16. The summed E-state index contributed by atoms with van der Waals surface area (Å²) in [4.78, 5) is 0. The molecule has 7 nitrogen and oxygen atoms in total. The molecule has 1 N–H and O–H groups in total. The number of benzene rings is 2. The summed E-state index contributed by atoms with van der Waals surface area (Å²) in [7, 11) is 1.59. The standard InChI is InChI=1S/C19H18N4O3S/c1-12-3-5-14(6-4-12)18-21-22-19(27)23(18)20-11-13-9-15(24-2)17-16(10-13)25-7-8-26-17/h3-6,9-11H,7-8H2,1-2H3,(H,22,27)/b20-11-. The molecule has 0 aliphatic carbocycles. The van der Waals surface area contributed by atoms with E-state index in [1.807, 2.05) is 43.3 Å². The first-order valence-corrected chi connectivity index (χ1v) is 8.83. The van der Waals surface area contributed by atoms with Crippen LogP contribution in [0.5, 0.6) is 17.2 Å². The van der Waals surface area contributed by atoms with Crippen molar-refractivity contribution in [3.05, 3.63) is 52.3 Å². The van der Waals surface area contributed by atoms with Crippen LogP contribution in [-0.2, 0) is 0 Å². The molecule has 0 amide bonds. The number of methoxy groups -OCH3 is 1. The second-order valence-corrected chi connectivity index (χ2v) is 6.41. The highest BCUT2D eigenvalue weighted by Crippen LogP contribution is 2.40. The topological polar surface area (TPSA) is 73.7 Å². The molecule has 0 atom stereocenters. The monoisotopic (exact) mass is 382 g/mol. The quantitative estimate of drug-likeness (QED) is 0.552. The first-order chi connectivity index (χ1) is 13.2. The molecule has 2 heterocycles. The zero-order chi connectivity index (χ0) is 18.8. The number of aromatic amines is 1. The molecule has 1 aliphatic rings. The number of hydrogen-bond acceptors (Lipinski definition) is 6. The minimum Gasteiger partial charge on any atom is -0.493 e. The SMILES string of the molecule is COc1cc(/C=N\n2c(-c3ccc(C)cc3)n[nH]c2=S)cc2c1OCCO2. The van der Waals surface area contributed by atoms with Gasteiger partial charge in [-0.2, -0.15) is 14.9 Å². The Labute approximate surface area is 161 Å². The summed E-state index contributed by atoms with van der Waals surface area (Å²) in [5, 5.41) is 11.6. The summed E-state index contributed by atoms with van der Waals surface area (Å²) in [6.07, 6.45) is 1.68. The number of aromatic nitrogens is 3. The minimum atomic E-state index is 0.409. The highest BCUT2D eigenvalue weighted by molar-refractivity contribution is 7.71. The molecule has 2 aromatic carbocycles. The molecule has 27 heavy (non-hydrogen) atoms. The molecule has 3 aromatic rings. The summed E-state index contributed by atoms with van der Waals surface area (Å²) in [6, 6.07) is 11.7. The number of fused-ring (bicyclic) bond motifs is 1. The van der Waals surface area contributed by atoms with Gasteiger partial charge in [-0.05, 0) is 31.3 Å². The molecule has 0 spiro atoms. The third kappa shape index (κ3) is 3.43. The Balaban J connectivity index is 1.71. The predicted molar refractivity (Wildman–Crippen MR) is 105 cm³/mol. The molecular weight excluding hydrogens is 364 g/mol. The largest absolute Gasteiger partial charge is 0.493 e. The van der Waals surface area contributed by atoms with E-state index in [0.29, 0.717) is 41.1 Å². The Morgan fingerprint density at radius 2 is 2.00 bits per heavy atom. The van der Waals surface area contributed by atoms with Gasteiger partial charge in [-0.15, -0.1) is 0 Å². The van der Waals surface area contributed by atoms with Crippen LogP contribution in [0.15, 0.2) is 41.5 Å². The molecule has 4 rings (SSSR count). The lowest BCUT2D eigenvalue weighted by molar-refractivity contribution is 0.165. The third-order valence-corrected chi connectivity index (χ3v) is 4.40. The Morgan fingerprint density at radius 3 is 2.78 bits per heavy atom. The Hall–Kier alpha value is -3.13. The summed E-state index contributed by atoms with van der Waals surface area (Å²) in [5.41, 5.74) is 2.89. The van der Waals surface area contributed by atoms with Crippen LogP contribution in [0.2, 0.25) is 0 Å². The number of nitrogens with zero attached hydrogens (tertiary/aromatic N) is 3. The van der Waals surface area contributed by atoms with E-state index in [4.69, 9.17) is 26.4 Å². The summed E-state index contributed by atoms with van der Waals surface area (Å²) in [5.74, 6) is 2.49. The van der Waals surface area contributed by atoms with Gasteiger partial charge in [0.1, 0.15) is 13.2 Å². The molecule has 0 fully saturated rings. The van der Waals surface area contributed by atoms with Crippen LogP contribution < -0.4 is 14.2 Å². The van der Waals surface area contributed by atoms with E-state index in [2.05, 4.69) is 15.3 Å². The second-order valence-electron chi connectivity index (χ2n) is 6.02. The Bertz CT molecular complexity index is 1040. The molecule has 0 unspecified atom stereocenters. The normalized spacial score (nSPS) is 13.1. The van der Waals surface area contributed by atoms with Crippen LogP contribution >= 0.6 is 12.2 Å². The van der Waals surface area contributed by atoms with Crippen molar-refractivity contribution in [3.63, 3.8) is 0 Å². The molecule has 0 bridgehead atoms. The van der Waals surface area contributed by atoms with E-state index in [9.17, 15) is 0 Å². The fourth-order valence-electron chi connectivity index (χ4n) is 2.78. The minimum absolute atomic E-state index is 0.409. The maximum Gasteiger partial charge on any atom is 0.216 e. The van der Waals surface area contributed by atoms with Gasteiger partial charge in [-0.3, -0.25) is 0 Å². The van der Waals surface area contributed by atoms with Gasteiger partial charge < -0.3 is 14.2 Å². The van der Waals surface area contributed by atoms with Crippen LogP contribution in [0.1, 0.15) is 11.1 Å². The number of rotatable bonds is 4. The first-order valence-electron chi connectivity index (χ1n) is 8.42. The van der Waals surface area contributed by atoms with Gasteiger partial charge in [-0.1, -0.05) is 29.8 Å². The molecule has 8 heteroatoms. The molecule has 0 radical (unpaired) electrons. The zero-order valence-corrected chi connectivity index (χ0v) is 15.7. The molecule has 0 saturated heterocycles. The molecule has 1 aliphatic heterocycles. The van der Waals surface area contributed by atoms with E-state index >= 15 is 0 Å². The highest BCUT2D eigenvalue weighted by atomic mass is 32.1. The Kier molecular flexibility index (Phi) is 4.64. The molecular formula is C19H18N4O3S. The van der Waals surface area contributed by atoms with E-state index in [1.54, 1.807) is 18.0 Å². The average molecular weight is 382 g/mol. The van der Waals surface area contributed by atoms with E-state index in [1.165, 1.54) is 5.56 Å². The fraction of sp³-hybridized carbons (Fsp3) is 0.211. The van der Waals surface area contributed by atoms with Gasteiger partial charge in [0, 0.05) is 11.1 Å². The summed E-state index contributed by atoms with van der Waals surface area (Å²) in [6.45, 7) is 3.04. The number of hydrogen-bond donors (Lipinski definition) is 1. The third-order valence-electron chi connectivity index (χ3n) is 4.13. The van der Waals surface area contributed by atoms with Crippen LogP contribution in [0.4, 0.5) is 0 Å². The van der Waals surface area contributed by atoms with Gasteiger partial charge in [0.25, 0.3) is 0 Å². The first kappa shape index (κ1) is 17.3. The van der Waals surface area contributed by atoms with Crippen molar-refractivity contribution in [1.82, 2.24) is 14.9 Å². The van der Waals surface area contributed by atoms with Crippen molar-refractivity contribution in [2.24, 2.45) is 5.10 Å². The van der Waals surface area contributed by atoms with Crippen LogP contribution in [0.25, 0.3) is 11.4 Å². The highest BCUT2D eigenvalue weighted by Gasteiger charge is 2.18. The number of H-pyrrole nitrogens is 1. The second kappa shape index (κ2) is 7.24. The van der Waals surface area contributed by atoms with Gasteiger partial charge in [0.15, 0.2) is 17.3 Å². The summed E-state index contributed by atoms with van der Waals surface area (Å²) < 4.78 is 18.7. The molecule has 1 aromatic heterocycles. The van der Waals surface area contributed by atoms with Crippen molar-refractivity contribution < 1.29 is 14.2 Å². The van der Waals surface area contributed by atoms with E-state index in [0.717, 1.165) is 11.1 Å². The average Bonchev–Trinajstić information content (AvgIpc) is 3.06. The van der Waals surface area contributed by atoms with Crippen LogP contribution in [-0.4, -0.2) is 41.4 Å². The number of aryl methyl sites for hydroxylation is 1. The van der Waals surface area contributed by atoms with Crippen LogP contribution in [0.3, 0.4) is 0 Å². The van der Waals surface area contributed by atoms with Crippen molar-refractivity contribution >= 4 is 18.4 Å². The zero-order valence-electron chi connectivity index (χ0n) is 14.9. The maximum absolute atomic E-state index is 5.66. The van der Waals surface area contributed by atoms with Crippen molar-refractivity contribution in [3.8, 4) is 28.6 Å². The van der Waals surface area contributed by atoms with Crippen molar-refractivity contribution in [1.29, 1.82) is 0 Å². The van der Waals surface area contributed by atoms with E-state index < -0.39 is 0 Å². The summed E-state index contributed by atoms with van der Waals surface area (Å²) >= 11 is 5.32. The van der Waals surface area contributed by atoms with Crippen molar-refractivity contribution in [2.75, 3.05) is 20.3 Å². The smallest absolute Gasteiger partial charge is 0.216 e. The molecule has 138 valence electrons. The fourth-order valence-corrected chi connectivity index (χ4v) is 2.96.